The number of hydrogen-bond acceptors (Lipinski definition) is 3. The fourth-order valence-corrected chi connectivity index (χ4v) is 1.98. The smallest absolute Gasteiger partial charge is 0.126 e. The molecule has 1 heterocycles. The van der Waals surface area contributed by atoms with Crippen molar-refractivity contribution in [3.63, 3.8) is 0 Å². The standard InChI is InChI=1S/C12H19N3/c1-9(13)7-14-12-6-10-4-2-3-5-11(10)8-15-12/h6,8-9H,2-5,7,13H2,1H3,(H,14,15). The largest absolute Gasteiger partial charge is 0.369 e. The van der Waals surface area contributed by atoms with Crippen molar-refractivity contribution in [1.82, 2.24) is 4.98 Å². The second-order valence-corrected chi connectivity index (χ2v) is 4.40. The minimum atomic E-state index is 0.169. The van der Waals surface area contributed by atoms with E-state index in [1.807, 2.05) is 13.1 Å². The molecule has 0 aliphatic heterocycles. The molecule has 0 amide bonds. The zero-order valence-corrected chi connectivity index (χ0v) is 9.29. The number of anilines is 1. The van der Waals surface area contributed by atoms with Crippen LogP contribution in [0.25, 0.3) is 0 Å². The quantitative estimate of drug-likeness (QED) is 0.790. The van der Waals surface area contributed by atoms with E-state index in [1.54, 1.807) is 0 Å². The molecular weight excluding hydrogens is 186 g/mol. The number of aryl methyl sites for hydroxylation is 2. The zero-order chi connectivity index (χ0) is 10.7. The Morgan fingerprint density at radius 1 is 1.40 bits per heavy atom. The van der Waals surface area contributed by atoms with Crippen LogP contribution in [0.1, 0.15) is 30.9 Å². The molecule has 1 aliphatic carbocycles. The Labute approximate surface area is 91.1 Å². The minimum Gasteiger partial charge on any atom is -0.369 e. The van der Waals surface area contributed by atoms with Crippen molar-refractivity contribution >= 4 is 5.82 Å². The Morgan fingerprint density at radius 3 is 2.87 bits per heavy atom. The molecule has 0 saturated heterocycles. The summed E-state index contributed by atoms with van der Waals surface area (Å²) < 4.78 is 0. The first-order valence-corrected chi connectivity index (χ1v) is 5.73. The maximum atomic E-state index is 5.69. The first-order chi connectivity index (χ1) is 7.25. The summed E-state index contributed by atoms with van der Waals surface area (Å²) in [5.74, 6) is 0.966. The Morgan fingerprint density at radius 2 is 2.13 bits per heavy atom. The molecule has 1 aliphatic rings. The predicted molar refractivity (Wildman–Crippen MR) is 63.0 cm³/mol. The lowest BCUT2D eigenvalue weighted by Gasteiger charge is -2.16. The van der Waals surface area contributed by atoms with Gasteiger partial charge in [0.15, 0.2) is 0 Å². The average molecular weight is 205 g/mol. The van der Waals surface area contributed by atoms with E-state index in [2.05, 4.69) is 16.4 Å². The first kappa shape index (κ1) is 10.4. The topological polar surface area (TPSA) is 50.9 Å². The maximum absolute atomic E-state index is 5.69. The number of rotatable bonds is 3. The number of hydrogen-bond donors (Lipinski definition) is 2. The third-order valence-electron chi connectivity index (χ3n) is 2.83. The Bertz CT molecular complexity index is 334. The van der Waals surface area contributed by atoms with Gasteiger partial charge in [0.2, 0.25) is 0 Å². The van der Waals surface area contributed by atoms with Crippen LogP contribution in [-0.4, -0.2) is 17.6 Å². The van der Waals surface area contributed by atoms with Crippen LogP contribution in [0, 0.1) is 0 Å². The number of aromatic nitrogens is 1. The second kappa shape index (κ2) is 4.62. The van der Waals surface area contributed by atoms with E-state index in [0.717, 1.165) is 12.4 Å². The minimum absolute atomic E-state index is 0.169. The van der Waals surface area contributed by atoms with Crippen LogP contribution in [-0.2, 0) is 12.8 Å². The molecule has 0 spiro atoms. The van der Waals surface area contributed by atoms with Gasteiger partial charge < -0.3 is 11.1 Å². The molecule has 0 radical (unpaired) electrons. The van der Waals surface area contributed by atoms with E-state index in [9.17, 15) is 0 Å². The van der Waals surface area contributed by atoms with Crippen LogP contribution in [0.3, 0.4) is 0 Å². The summed E-state index contributed by atoms with van der Waals surface area (Å²) in [6.45, 7) is 2.77. The second-order valence-electron chi connectivity index (χ2n) is 4.40. The van der Waals surface area contributed by atoms with Crippen LogP contribution in [0.5, 0.6) is 0 Å². The average Bonchev–Trinajstić information content (AvgIpc) is 2.26. The van der Waals surface area contributed by atoms with Gasteiger partial charge in [0, 0.05) is 18.8 Å². The Balaban J connectivity index is 2.07. The summed E-state index contributed by atoms with van der Waals surface area (Å²) in [6, 6.07) is 2.35. The Hall–Kier alpha value is -1.09. The molecule has 0 bridgehead atoms. The van der Waals surface area contributed by atoms with Crippen LogP contribution in [0.4, 0.5) is 5.82 Å². The van der Waals surface area contributed by atoms with E-state index >= 15 is 0 Å². The van der Waals surface area contributed by atoms with Crippen molar-refractivity contribution < 1.29 is 0 Å². The number of pyridine rings is 1. The van der Waals surface area contributed by atoms with Gasteiger partial charge in [-0.25, -0.2) is 4.98 Å². The van der Waals surface area contributed by atoms with E-state index in [0.29, 0.717) is 0 Å². The highest BCUT2D eigenvalue weighted by molar-refractivity contribution is 5.42. The van der Waals surface area contributed by atoms with Gasteiger partial charge >= 0.3 is 0 Å². The van der Waals surface area contributed by atoms with Crippen LogP contribution >= 0.6 is 0 Å². The molecule has 15 heavy (non-hydrogen) atoms. The van der Waals surface area contributed by atoms with Gasteiger partial charge in [-0.2, -0.15) is 0 Å². The van der Waals surface area contributed by atoms with Crippen LogP contribution in [0.2, 0.25) is 0 Å². The van der Waals surface area contributed by atoms with Crippen molar-refractivity contribution in [3.8, 4) is 0 Å². The van der Waals surface area contributed by atoms with Crippen molar-refractivity contribution in [2.45, 2.75) is 38.6 Å². The normalized spacial score (nSPS) is 16.9. The van der Waals surface area contributed by atoms with Gasteiger partial charge in [-0.15, -0.1) is 0 Å². The molecule has 82 valence electrons. The molecule has 1 aromatic rings. The summed E-state index contributed by atoms with van der Waals surface area (Å²) in [7, 11) is 0. The van der Waals surface area contributed by atoms with Crippen molar-refractivity contribution in [1.29, 1.82) is 0 Å². The molecule has 0 aromatic carbocycles. The highest BCUT2D eigenvalue weighted by atomic mass is 15.0. The molecule has 3 N–H and O–H groups in total. The van der Waals surface area contributed by atoms with E-state index in [-0.39, 0.29) is 6.04 Å². The molecule has 3 heteroatoms. The molecule has 1 aromatic heterocycles. The number of fused-ring (bicyclic) bond motifs is 1. The zero-order valence-electron chi connectivity index (χ0n) is 9.29. The molecule has 0 fully saturated rings. The van der Waals surface area contributed by atoms with Crippen LogP contribution in [0.15, 0.2) is 12.3 Å². The monoisotopic (exact) mass is 205 g/mol. The number of nitrogens with one attached hydrogen (secondary N) is 1. The molecule has 0 saturated carbocycles. The lowest BCUT2D eigenvalue weighted by atomic mass is 9.93. The summed E-state index contributed by atoms with van der Waals surface area (Å²) in [5, 5.41) is 3.26. The fourth-order valence-electron chi connectivity index (χ4n) is 1.98. The molecule has 1 unspecified atom stereocenters. The van der Waals surface area contributed by atoms with Crippen molar-refractivity contribution in [2.24, 2.45) is 5.73 Å². The Kier molecular flexibility index (Phi) is 3.21. The lowest BCUT2D eigenvalue weighted by Crippen LogP contribution is -2.25. The molecule has 2 rings (SSSR count). The van der Waals surface area contributed by atoms with E-state index < -0.39 is 0 Å². The maximum Gasteiger partial charge on any atom is 0.126 e. The third kappa shape index (κ3) is 2.69. The summed E-state index contributed by atoms with van der Waals surface area (Å²) in [4.78, 5) is 4.40. The van der Waals surface area contributed by atoms with Gasteiger partial charge in [0.25, 0.3) is 0 Å². The fraction of sp³-hybridized carbons (Fsp3) is 0.583. The predicted octanol–water partition coefficient (Wildman–Crippen LogP) is 1.72. The number of nitrogens with two attached hydrogens (primary N) is 1. The highest BCUT2D eigenvalue weighted by Gasteiger charge is 2.10. The summed E-state index contributed by atoms with van der Waals surface area (Å²) in [6.07, 6.45) is 7.02. The van der Waals surface area contributed by atoms with Gasteiger partial charge in [0.1, 0.15) is 5.82 Å². The molecule has 1 atom stereocenters. The number of nitrogens with zero attached hydrogens (tertiary/aromatic N) is 1. The summed E-state index contributed by atoms with van der Waals surface area (Å²) in [5.41, 5.74) is 8.57. The van der Waals surface area contributed by atoms with Gasteiger partial charge in [-0.05, 0) is 49.8 Å². The highest BCUT2D eigenvalue weighted by Crippen LogP contribution is 2.22. The lowest BCUT2D eigenvalue weighted by molar-refractivity contribution is 0.682. The SMILES string of the molecule is CC(N)CNc1cc2c(cn1)CCCC2. The third-order valence-corrected chi connectivity index (χ3v) is 2.83. The van der Waals surface area contributed by atoms with Crippen molar-refractivity contribution in [3.05, 3.63) is 23.4 Å². The van der Waals surface area contributed by atoms with Gasteiger partial charge in [-0.3, -0.25) is 0 Å². The van der Waals surface area contributed by atoms with Gasteiger partial charge in [0.05, 0.1) is 0 Å². The van der Waals surface area contributed by atoms with Crippen LogP contribution < -0.4 is 11.1 Å². The van der Waals surface area contributed by atoms with E-state index in [1.165, 1.54) is 36.8 Å². The van der Waals surface area contributed by atoms with E-state index in [4.69, 9.17) is 5.73 Å². The summed E-state index contributed by atoms with van der Waals surface area (Å²) >= 11 is 0. The van der Waals surface area contributed by atoms with Crippen molar-refractivity contribution in [2.75, 3.05) is 11.9 Å². The van der Waals surface area contributed by atoms with Gasteiger partial charge in [-0.1, -0.05) is 0 Å². The molecular formula is C12H19N3. The molecule has 3 nitrogen and oxygen atoms in total. The first-order valence-electron chi connectivity index (χ1n) is 5.73.